The van der Waals surface area contributed by atoms with E-state index in [0.717, 1.165) is 18.7 Å². The van der Waals surface area contributed by atoms with Gasteiger partial charge in [0.25, 0.3) is 0 Å². The van der Waals surface area contributed by atoms with Gasteiger partial charge in [0.15, 0.2) is 5.11 Å². The summed E-state index contributed by atoms with van der Waals surface area (Å²) in [7, 11) is 0. The van der Waals surface area contributed by atoms with Gasteiger partial charge in [0, 0.05) is 12.7 Å². The Labute approximate surface area is 119 Å². The fraction of sp³-hybridized carbons (Fsp3) is 0.200. The third-order valence-corrected chi connectivity index (χ3v) is 2.99. The molecule has 0 aliphatic rings. The maximum Gasteiger partial charge on any atom is 0.166 e. The van der Waals surface area contributed by atoms with Crippen LogP contribution in [0.4, 0.5) is 0 Å². The Bertz CT molecular complexity index is 499. The van der Waals surface area contributed by atoms with Crippen molar-refractivity contribution in [1.29, 1.82) is 0 Å². The first-order valence-electron chi connectivity index (χ1n) is 6.30. The number of nitrogens with zero attached hydrogens (tertiary/aromatic N) is 1. The second kappa shape index (κ2) is 7.48. The van der Waals surface area contributed by atoms with Gasteiger partial charge < -0.3 is 10.6 Å². The molecule has 19 heavy (non-hydrogen) atoms. The highest BCUT2D eigenvalue weighted by atomic mass is 32.1. The van der Waals surface area contributed by atoms with Crippen LogP contribution < -0.4 is 10.6 Å². The number of pyridine rings is 1. The molecule has 2 aromatic rings. The van der Waals surface area contributed by atoms with Gasteiger partial charge in [-0.15, -0.1) is 0 Å². The number of hydrogen-bond donors (Lipinski definition) is 2. The Kier molecular flexibility index (Phi) is 5.31. The predicted octanol–water partition coefficient (Wildman–Crippen LogP) is 2.29. The summed E-state index contributed by atoms with van der Waals surface area (Å²) in [5.74, 6) is 0. The van der Waals surface area contributed by atoms with Crippen LogP contribution in [0.15, 0.2) is 54.7 Å². The molecule has 3 nitrogen and oxygen atoms in total. The number of nitrogens with one attached hydrogen (secondary N) is 2. The van der Waals surface area contributed by atoms with Crippen molar-refractivity contribution in [2.24, 2.45) is 0 Å². The third-order valence-electron chi connectivity index (χ3n) is 2.70. The van der Waals surface area contributed by atoms with Crippen LogP contribution in [-0.4, -0.2) is 16.6 Å². The Morgan fingerprint density at radius 3 is 2.53 bits per heavy atom. The lowest BCUT2D eigenvalue weighted by molar-refractivity contribution is 0.802. The molecule has 0 aliphatic heterocycles. The topological polar surface area (TPSA) is 37.0 Å². The molecular formula is C15H17N3S. The van der Waals surface area contributed by atoms with Crippen LogP contribution in [0.2, 0.25) is 0 Å². The molecule has 0 saturated carbocycles. The largest absolute Gasteiger partial charge is 0.362 e. The SMILES string of the molecule is S=C(NCCc1ccccc1)NCc1ccccn1. The van der Waals surface area contributed by atoms with Gasteiger partial charge in [-0.25, -0.2) is 0 Å². The lowest BCUT2D eigenvalue weighted by Crippen LogP contribution is -2.36. The summed E-state index contributed by atoms with van der Waals surface area (Å²) in [4.78, 5) is 4.23. The van der Waals surface area contributed by atoms with Gasteiger partial charge in [-0.1, -0.05) is 36.4 Å². The predicted molar refractivity (Wildman–Crippen MR) is 81.8 cm³/mol. The Balaban J connectivity index is 1.65. The average molecular weight is 271 g/mol. The molecule has 0 radical (unpaired) electrons. The first kappa shape index (κ1) is 13.5. The molecule has 4 heteroatoms. The lowest BCUT2D eigenvalue weighted by atomic mass is 10.1. The summed E-state index contributed by atoms with van der Waals surface area (Å²) in [5, 5.41) is 7.01. The van der Waals surface area contributed by atoms with Gasteiger partial charge in [0.1, 0.15) is 0 Å². The first-order valence-corrected chi connectivity index (χ1v) is 6.71. The van der Waals surface area contributed by atoms with Gasteiger partial charge in [-0.2, -0.15) is 0 Å². The average Bonchev–Trinajstić information content (AvgIpc) is 2.47. The summed E-state index contributed by atoms with van der Waals surface area (Å²) in [6.07, 6.45) is 2.75. The van der Waals surface area contributed by atoms with E-state index in [0.29, 0.717) is 11.7 Å². The fourth-order valence-corrected chi connectivity index (χ4v) is 1.88. The van der Waals surface area contributed by atoms with E-state index in [1.54, 1.807) is 6.20 Å². The summed E-state index contributed by atoms with van der Waals surface area (Å²) in [5.41, 5.74) is 2.29. The second-order valence-electron chi connectivity index (χ2n) is 4.17. The third kappa shape index (κ3) is 5.06. The molecule has 0 aliphatic carbocycles. The zero-order chi connectivity index (χ0) is 13.3. The van der Waals surface area contributed by atoms with Crippen LogP contribution >= 0.6 is 12.2 Å². The van der Waals surface area contributed by atoms with Crippen LogP contribution in [0.25, 0.3) is 0 Å². The molecule has 98 valence electrons. The van der Waals surface area contributed by atoms with Crippen molar-refractivity contribution in [3.63, 3.8) is 0 Å². The van der Waals surface area contributed by atoms with Crippen molar-refractivity contribution in [3.05, 3.63) is 66.0 Å². The molecule has 0 bridgehead atoms. The minimum atomic E-state index is 0.651. The van der Waals surface area contributed by atoms with Gasteiger partial charge in [-0.3, -0.25) is 4.98 Å². The smallest absolute Gasteiger partial charge is 0.166 e. The van der Waals surface area contributed by atoms with Crippen molar-refractivity contribution in [1.82, 2.24) is 15.6 Å². The van der Waals surface area contributed by atoms with Crippen molar-refractivity contribution in [2.45, 2.75) is 13.0 Å². The molecule has 0 unspecified atom stereocenters. The highest BCUT2D eigenvalue weighted by molar-refractivity contribution is 7.80. The highest BCUT2D eigenvalue weighted by Gasteiger charge is 1.97. The summed E-state index contributed by atoms with van der Waals surface area (Å²) < 4.78 is 0. The summed E-state index contributed by atoms with van der Waals surface area (Å²) >= 11 is 5.22. The number of hydrogen-bond acceptors (Lipinski definition) is 2. The summed E-state index contributed by atoms with van der Waals surface area (Å²) in [6.45, 7) is 1.48. The van der Waals surface area contributed by atoms with Crippen LogP contribution in [0.5, 0.6) is 0 Å². The zero-order valence-electron chi connectivity index (χ0n) is 10.7. The molecule has 1 aromatic carbocycles. The quantitative estimate of drug-likeness (QED) is 0.818. The van der Waals surface area contributed by atoms with Crippen LogP contribution in [-0.2, 0) is 13.0 Å². The molecule has 0 amide bonds. The van der Waals surface area contributed by atoms with E-state index >= 15 is 0 Å². The minimum Gasteiger partial charge on any atom is -0.362 e. The maximum absolute atomic E-state index is 5.22. The normalized spacial score (nSPS) is 9.89. The standard InChI is InChI=1S/C15H17N3S/c19-15(18-12-14-8-4-5-10-16-14)17-11-9-13-6-2-1-3-7-13/h1-8,10H,9,11-12H2,(H2,17,18,19). The molecule has 0 spiro atoms. The first-order chi connectivity index (χ1) is 9.34. The molecule has 0 saturated heterocycles. The lowest BCUT2D eigenvalue weighted by Gasteiger charge is -2.10. The fourth-order valence-electron chi connectivity index (χ4n) is 1.70. The van der Waals surface area contributed by atoms with Gasteiger partial charge in [0.2, 0.25) is 0 Å². The van der Waals surface area contributed by atoms with Crippen molar-refractivity contribution < 1.29 is 0 Å². The van der Waals surface area contributed by atoms with Crippen LogP contribution in [0.1, 0.15) is 11.3 Å². The number of benzene rings is 1. The minimum absolute atomic E-state index is 0.651. The van der Waals surface area contributed by atoms with Crippen molar-refractivity contribution in [2.75, 3.05) is 6.54 Å². The number of aromatic nitrogens is 1. The Morgan fingerprint density at radius 2 is 1.79 bits per heavy atom. The molecule has 1 heterocycles. The van der Waals surface area contributed by atoms with E-state index in [1.165, 1.54) is 5.56 Å². The van der Waals surface area contributed by atoms with Crippen LogP contribution in [0.3, 0.4) is 0 Å². The monoisotopic (exact) mass is 271 g/mol. The van der Waals surface area contributed by atoms with Gasteiger partial charge >= 0.3 is 0 Å². The van der Waals surface area contributed by atoms with E-state index in [9.17, 15) is 0 Å². The number of rotatable bonds is 5. The van der Waals surface area contributed by atoms with E-state index < -0.39 is 0 Å². The maximum atomic E-state index is 5.22. The molecule has 1 aromatic heterocycles. The highest BCUT2D eigenvalue weighted by Crippen LogP contribution is 1.98. The van der Waals surface area contributed by atoms with E-state index in [1.807, 2.05) is 36.4 Å². The molecule has 0 atom stereocenters. The van der Waals surface area contributed by atoms with Crippen molar-refractivity contribution in [3.8, 4) is 0 Å². The van der Waals surface area contributed by atoms with E-state index in [4.69, 9.17) is 12.2 Å². The molecule has 0 fully saturated rings. The summed E-state index contributed by atoms with van der Waals surface area (Å²) in [6, 6.07) is 16.2. The Hall–Kier alpha value is -1.94. The number of thiocarbonyl (C=S) groups is 1. The van der Waals surface area contributed by atoms with Gasteiger partial charge in [0.05, 0.1) is 12.2 Å². The molecular weight excluding hydrogens is 254 g/mol. The van der Waals surface area contributed by atoms with E-state index in [2.05, 4.69) is 27.8 Å². The Morgan fingerprint density at radius 1 is 1.00 bits per heavy atom. The zero-order valence-corrected chi connectivity index (χ0v) is 11.5. The van der Waals surface area contributed by atoms with Crippen molar-refractivity contribution >= 4 is 17.3 Å². The van der Waals surface area contributed by atoms with Crippen LogP contribution in [0, 0.1) is 0 Å². The molecule has 2 N–H and O–H groups in total. The van der Waals surface area contributed by atoms with E-state index in [-0.39, 0.29) is 0 Å². The van der Waals surface area contributed by atoms with Gasteiger partial charge in [-0.05, 0) is 36.3 Å². The molecule has 2 rings (SSSR count). The second-order valence-corrected chi connectivity index (χ2v) is 4.57.